The summed E-state index contributed by atoms with van der Waals surface area (Å²) in [6, 6.07) is 17.0. The molecule has 0 aliphatic carbocycles. The van der Waals surface area contributed by atoms with Crippen LogP contribution < -0.4 is 10.6 Å². The molecule has 0 spiro atoms. The standard InChI is InChI=1S/C24H31FN6.HI/c1-17-14-18(2)31(29-17)22-9-7-6-8-20(22)15-27-24(26-3)28-16-23(30(4)5)19-10-12-21(25)13-11-19;/h6-14,23H,15-16H2,1-5H3,(H2,26,27,28);1H. The Bertz CT molecular complexity index is 1030. The van der Waals surface area contributed by atoms with Crippen LogP contribution in [0.3, 0.4) is 0 Å². The highest BCUT2D eigenvalue weighted by Crippen LogP contribution is 2.18. The highest BCUT2D eigenvalue weighted by Gasteiger charge is 2.15. The molecule has 1 atom stereocenters. The van der Waals surface area contributed by atoms with E-state index in [0.29, 0.717) is 19.0 Å². The Kier molecular flexibility index (Phi) is 9.64. The van der Waals surface area contributed by atoms with E-state index in [-0.39, 0.29) is 35.8 Å². The van der Waals surface area contributed by atoms with Crippen molar-refractivity contribution in [2.24, 2.45) is 4.99 Å². The number of benzene rings is 2. The van der Waals surface area contributed by atoms with Crippen LogP contribution in [-0.2, 0) is 6.54 Å². The Morgan fingerprint density at radius 2 is 1.78 bits per heavy atom. The monoisotopic (exact) mass is 550 g/mol. The van der Waals surface area contributed by atoms with E-state index in [2.05, 4.69) is 50.7 Å². The molecule has 0 aliphatic rings. The van der Waals surface area contributed by atoms with Gasteiger partial charge < -0.3 is 15.5 Å². The van der Waals surface area contributed by atoms with Crippen LogP contribution in [0, 0.1) is 19.7 Å². The first-order valence-corrected chi connectivity index (χ1v) is 10.4. The molecule has 172 valence electrons. The van der Waals surface area contributed by atoms with Gasteiger partial charge in [0, 0.05) is 25.8 Å². The van der Waals surface area contributed by atoms with Crippen LogP contribution in [0.5, 0.6) is 0 Å². The van der Waals surface area contributed by atoms with Gasteiger partial charge in [0.15, 0.2) is 5.96 Å². The molecule has 1 aromatic heterocycles. The van der Waals surface area contributed by atoms with Crippen molar-refractivity contribution in [1.29, 1.82) is 0 Å². The SMILES string of the molecule is CN=C(NCc1ccccc1-n1nc(C)cc1C)NCC(c1ccc(F)cc1)N(C)C.I. The van der Waals surface area contributed by atoms with Crippen molar-refractivity contribution < 1.29 is 4.39 Å². The number of likely N-dealkylation sites (N-methyl/N-ethyl adjacent to an activating group) is 1. The van der Waals surface area contributed by atoms with Gasteiger partial charge >= 0.3 is 0 Å². The van der Waals surface area contributed by atoms with Gasteiger partial charge in [-0.2, -0.15) is 5.10 Å². The molecule has 0 saturated heterocycles. The molecular weight excluding hydrogens is 518 g/mol. The summed E-state index contributed by atoms with van der Waals surface area (Å²) in [5, 5.41) is 11.4. The van der Waals surface area contributed by atoms with Crippen molar-refractivity contribution in [3.63, 3.8) is 0 Å². The maximum atomic E-state index is 13.3. The van der Waals surface area contributed by atoms with Crippen LogP contribution >= 0.6 is 24.0 Å². The molecule has 1 heterocycles. The van der Waals surface area contributed by atoms with E-state index in [1.165, 1.54) is 12.1 Å². The number of guanidine groups is 1. The summed E-state index contributed by atoms with van der Waals surface area (Å²) in [5.41, 5.74) is 5.31. The number of nitrogens with one attached hydrogen (secondary N) is 2. The summed E-state index contributed by atoms with van der Waals surface area (Å²) >= 11 is 0. The summed E-state index contributed by atoms with van der Waals surface area (Å²) in [6.45, 7) is 5.30. The largest absolute Gasteiger partial charge is 0.354 e. The molecule has 0 aliphatic heterocycles. The second-order valence-electron chi connectivity index (χ2n) is 7.81. The van der Waals surface area contributed by atoms with Gasteiger partial charge in [-0.05, 0) is 63.3 Å². The minimum absolute atomic E-state index is 0. The number of aromatic nitrogens is 2. The van der Waals surface area contributed by atoms with Gasteiger partial charge in [-0.3, -0.25) is 4.99 Å². The molecule has 3 rings (SSSR count). The van der Waals surface area contributed by atoms with Crippen molar-refractivity contribution in [2.75, 3.05) is 27.7 Å². The van der Waals surface area contributed by atoms with E-state index < -0.39 is 0 Å². The summed E-state index contributed by atoms with van der Waals surface area (Å²) < 4.78 is 15.3. The summed E-state index contributed by atoms with van der Waals surface area (Å²) in [6.07, 6.45) is 0. The number of rotatable bonds is 7. The van der Waals surface area contributed by atoms with Crippen molar-refractivity contribution in [1.82, 2.24) is 25.3 Å². The van der Waals surface area contributed by atoms with Crippen molar-refractivity contribution in [2.45, 2.75) is 26.4 Å². The predicted molar refractivity (Wildman–Crippen MR) is 139 cm³/mol. The fourth-order valence-electron chi connectivity index (χ4n) is 3.62. The van der Waals surface area contributed by atoms with E-state index in [0.717, 1.165) is 28.2 Å². The number of hydrogen-bond acceptors (Lipinski definition) is 3. The van der Waals surface area contributed by atoms with Gasteiger partial charge in [0.25, 0.3) is 0 Å². The molecule has 32 heavy (non-hydrogen) atoms. The lowest BCUT2D eigenvalue weighted by Crippen LogP contribution is -2.41. The number of para-hydroxylation sites is 1. The highest BCUT2D eigenvalue weighted by molar-refractivity contribution is 14.0. The van der Waals surface area contributed by atoms with Gasteiger partial charge in [-0.15, -0.1) is 24.0 Å². The van der Waals surface area contributed by atoms with E-state index in [1.54, 1.807) is 7.05 Å². The van der Waals surface area contributed by atoms with Crippen LogP contribution in [0.4, 0.5) is 4.39 Å². The number of halogens is 2. The second-order valence-corrected chi connectivity index (χ2v) is 7.81. The lowest BCUT2D eigenvalue weighted by atomic mass is 10.1. The quantitative estimate of drug-likeness (QED) is 0.263. The minimum atomic E-state index is -0.229. The Hall–Kier alpha value is -2.46. The maximum Gasteiger partial charge on any atom is 0.191 e. The Labute approximate surface area is 207 Å². The Morgan fingerprint density at radius 1 is 1.09 bits per heavy atom. The van der Waals surface area contributed by atoms with Crippen molar-refractivity contribution >= 4 is 29.9 Å². The molecule has 0 saturated carbocycles. The molecule has 0 bridgehead atoms. The number of aryl methyl sites for hydroxylation is 2. The van der Waals surface area contributed by atoms with Crippen molar-refractivity contribution in [3.8, 4) is 5.69 Å². The average molecular weight is 550 g/mol. The number of hydrogen-bond donors (Lipinski definition) is 2. The first-order chi connectivity index (χ1) is 14.9. The zero-order valence-electron chi connectivity index (χ0n) is 19.3. The van der Waals surface area contributed by atoms with Gasteiger partial charge in [0.1, 0.15) is 5.82 Å². The molecule has 2 N–H and O–H groups in total. The molecule has 2 aromatic carbocycles. The second kappa shape index (κ2) is 12.0. The van der Waals surface area contributed by atoms with Crippen molar-refractivity contribution in [3.05, 3.63) is 82.9 Å². The van der Waals surface area contributed by atoms with E-state index in [4.69, 9.17) is 0 Å². The normalized spacial score (nSPS) is 12.4. The van der Waals surface area contributed by atoms with Crippen LogP contribution in [0.2, 0.25) is 0 Å². The van der Waals surface area contributed by atoms with Crippen LogP contribution in [0.25, 0.3) is 5.69 Å². The first kappa shape index (κ1) is 25.8. The van der Waals surface area contributed by atoms with E-state index in [1.807, 2.05) is 50.0 Å². The Morgan fingerprint density at radius 3 is 2.38 bits per heavy atom. The zero-order valence-corrected chi connectivity index (χ0v) is 21.6. The van der Waals surface area contributed by atoms with Gasteiger partial charge in [0.2, 0.25) is 0 Å². The third kappa shape index (κ3) is 6.52. The third-order valence-corrected chi connectivity index (χ3v) is 5.24. The fourth-order valence-corrected chi connectivity index (χ4v) is 3.62. The summed E-state index contributed by atoms with van der Waals surface area (Å²) in [4.78, 5) is 6.46. The van der Waals surface area contributed by atoms with Gasteiger partial charge in [-0.1, -0.05) is 30.3 Å². The van der Waals surface area contributed by atoms with E-state index in [9.17, 15) is 4.39 Å². The zero-order chi connectivity index (χ0) is 22.4. The first-order valence-electron chi connectivity index (χ1n) is 10.4. The molecule has 8 heteroatoms. The molecule has 3 aromatic rings. The molecule has 0 radical (unpaired) electrons. The number of aliphatic imine (C=N–C) groups is 1. The number of nitrogens with zero attached hydrogens (tertiary/aromatic N) is 4. The lowest BCUT2D eigenvalue weighted by Gasteiger charge is -2.26. The van der Waals surface area contributed by atoms with Crippen LogP contribution in [0.1, 0.15) is 28.6 Å². The lowest BCUT2D eigenvalue weighted by molar-refractivity contribution is 0.298. The van der Waals surface area contributed by atoms with Crippen LogP contribution in [-0.4, -0.2) is 48.3 Å². The topological polar surface area (TPSA) is 57.5 Å². The average Bonchev–Trinajstić information content (AvgIpc) is 3.09. The summed E-state index contributed by atoms with van der Waals surface area (Å²) in [5.74, 6) is 0.477. The van der Waals surface area contributed by atoms with Crippen LogP contribution in [0.15, 0.2) is 59.6 Å². The summed E-state index contributed by atoms with van der Waals surface area (Å²) in [7, 11) is 5.78. The molecule has 0 amide bonds. The highest BCUT2D eigenvalue weighted by atomic mass is 127. The maximum absolute atomic E-state index is 13.3. The predicted octanol–water partition coefficient (Wildman–Crippen LogP) is 4.21. The van der Waals surface area contributed by atoms with E-state index >= 15 is 0 Å². The smallest absolute Gasteiger partial charge is 0.191 e. The Balaban J connectivity index is 0.00000363. The molecule has 0 fully saturated rings. The molecule has 6 nitrogen and oxygen atoms in total. The minimum Gasteiger partial charge on any atom is -0.354 e. The third-order valence-electron chi connectivity index (χ3n) is 5.24. The van der Waals surface area contributed by atoms with Gasteiger partial charge in [-0.25, -0.2) is 9.07 Å². The molecular formula is C24H32FIN6. The fraction of sp³-hybridized carbons (Fsp3) is 0.333. The molecule has 1 unspecified atom stereocenters. The van der Waals surface area contributed by atoms with Gasteiger partial charge in [0.05, 0.1) is 17.4 Å².